The van der Waals surface area contributed by atoms with E-state index in [2.05, 4.69) is 9.97 Å². The van der Waals surface area contributed by atoms with Crippen LogP contribution in [0.1, 0.15) is 26.5 Å². The molecule has 0 saturated carbocycles. The van der Waals surface area contributed by atoms with Crippen LogP contribution in [0.3, 0.4) is 0 Å². The predicted octanol–water partition coefficient (Wildman–Crippen LogP) is 4.29. The number of pyridine rings is 2. The summed E-state index contributed by atoms with van der Waals surface area (Å²) in [6.45, 7) is 6.01. The zero-order valence-corrected chi connectivity index (χ0v) is 14.6. The summed E-state index contributed by atoms with van der Waals surface area (Å²) >= 11 is 0. The maximum atomic E-state index is 12.6. The van der Waals surface area contributed by atoms with E-state index in [9.17, 15) is 4.79 Å². The van der Waals surface area contributed by atoms with Crippen LogP contribution in [0.2, 0.25) is 0 Å². The van der Waals surface area contributed by atoms with Gasteiger partial charge in [0.1, 0.15) is 5.60 Å². The lowest BCUT2D eigenvalue weighted by atomic mass is 10.0. The molecule has 0 bridgehead atoms. The molecule has 1 amide bonds. The van der Waals surface area contributed by atoms with E-state index in [1.165, 1.54) is 0 Å². The molecule has 3 rings (SSSR count). The molecule has 3 heterocycles. The fraction of sp³-hybridized carbons (Fsp3) is 0.250. The van der Waals surface area contributed by atoms with Crippen LogP contribution in [-0.4, -0.2) is 33.1 Å². The van der Waals surface area contributed by atoms with E-state index in [-0.39, 0.29) is 6.09 Å². The average molecular weight is 335 g/mol. The zero-order chi connectivity index (χ0) is 17.9. The highest BCUT2D eigenvalue weighted by atomic mass is 16.6. The Bertz CT molecular complexity index is 820. The van der Waals surface area contributed by atoms with Gasteiger partial charge in [-0.05, 0) is 51.1 Å². The van der Waals surface area contributed by atoms with Crippen molar-refractivity contribution in [1.82, 2.24) is 14.9 Å². The Kier molecular flexibility index (Phi) is 4.65. The van der Waals surface area contributed by atoms with Gasteiger partial charge in [0.2, 0.25) is 0 Å². The second kappa shape index (κ2) is 6.89. The van der Waals surface area contributed by atoms with Crippen LogP contribution in [0.15, 0.2) is 61.0 Å². The van der Waals surface area contributed by atoms with Crippen molar-refractivity contribution in [3.05, 3.63) is 66.6 Å². The van der Waals surface area contributed by atoms with E-state index in [0.717, 1.165) is 11.3 Å². The number of carbonyl (C=O) groups is 1. The highest BCUT2D eigenvalue weighted by molar-refractivity contribution is 5.87. The summed E-state index contributed by atoms with van der Waals surface area (Å²) in [5.41, 5.74) is 2.54. The monoisotopic (exact) mass is 335 g/mol. The van der Waals surface area contributed by atoms with Crippen LogP contribution in [0.5, 0.6) is 0 Å². The first-order valence-electron chi connectivity index (χ1n) is 8.20. The molecule has 1 aliphatic rings. The van der Waals surface area contributed by atoms with E-state index in [1.54, 1.807) is 17.3 Å². The largest absolute Gasteiger partial charge is 0.443 e. The van der Waals surface area contributed by atoms with Gasteiger partial charge in [0.05, 0.1) is 17.1 Å². The molecule has 0 spiro atoms. The molecule has 0 aliphatic carbocycles. The summed E-state index contributed by atoms with van der Waals surface area (Å²) in [5, 5.41) is 0. The lowest BCUT2D eigenvalue weighted by Gasteiger charge is -2.29. The average Bonchev–Trinajstić information content (AvgIpc) is 2.61. The topological polar surface area (TPSA) is 55.3 Å². The van der Waals surface area contributed by atoms with Crippen molar-refractivity contribution in [2.75, 3.05) is 6.54 Å². The second-order valence-corrected chi connectivity index (χ2v) is 6.69. The Morgan fingerprint density at radius 1 is 1.12 bits per heavy atom. The normalized spacial score (nSPS) is 14.2. The number of hydrogen-bond donors (Lipinski definition) is 0. The van der Waals surface area contributed by atoms with E-state index in [1.807, 2.05) is 69.3 Å². The van der Waals surface area contributed by atoms with Gasteiger partial charge in [-0.3, -0.25) is 14.9 Å². The first-order chi connectivity index (χ1) is 12.0. The summed E-state index contributed by atoms with van der Waals surface area (Å²) in [7, 11) is 0. The fourth-order valence-electron chi connectivity index (χ4n) is 2.55. The Hall–Kier alpha value is -2.95. The molecule has 0 aromatic carbocycles. The molecule has 0 saturated heterocycles. The van der Waals surface area contributed by atoms with Gasteiger partial charge in [0.25, 0.3) is 0 Å². The first-order valence-corrected chi connectivity index (χ1v) is 8.20. The third kappa shape index (κ3) is 3.94. The van der Waals surface area contributed by atoms with Crippen LogP contribution >= 0.6 is 0 Å². The molecule has 0 radical (unpaired) electrons. The molecule has 1 aliphatic heterocycles. The van der Waals surface area contributed by atoms with Crippen LogP contribution in [-0.2, 0) is 4.74 Å². The van der Waals surface area contributed by atoms with Gasteiger partial charge in [-0.2, -0.15) is 0 Å². The fourth-order valence-corrected chi connectivity index (χ4v) is 2.55. The molecule has 0 unspecified atom stereocenters. The molecular formula is C20H21N3O2. The van der Waals surface area contributed by atoms with Crippen molar-refractivity contribution in [2.45, 2.75) is 26.4 Å². The molecular weight excluding hydrogens is 314 g/mol. The number of ether oxygens (including phenoxy) is 1. The maximum absolute atomic E-state index is 12.6. The second-order valence-electron chi connectivity index (χ2n) is 6.69. The quantitative estimate of drug-likeness (QED) is 0.821. The van der Waals surface area contributed by atoms with Crippen LogP contribution in [0, 0.1) is 0 Å². The Morgan fingerprint density at radius 3 is 2.64 bits per heavy atom. The lowest BCUT2D eigenvalue weighted by Crippen LogP contribution is -2.37. The van der Waals surface area contributed by atoms with Crippen molar-refractivity contribution in [1.29, 1.82) is 0 Å². The van der Waals surface area contributed by atoms with Crippen molar-refractivity contribution in [3.8, 4) is 11.3 Å². The number of rotatable bonds is 2. The van der Waals surface area contributed by atoms with Gasteiger partial charge in [-0.1, -0.05) is 18.2 Å². The molecule has 0 N–H and O–H groups in total. The zero-order valence-electron chi connectivity index (χ0n) is 14.6. The van der Waals surface area contributed by atoms with E-state index >= 15 is 0 Å². The summed E-state index contributed by atoms with van der Waals surface area (Å²) < 4.78 is 5.54. The highest BCUT2D eigenvalue weighted by Gasteiger charge is 2.27. The lowest BCUT2D eigenvalue weighted by molar-refractivity contribution is 0.0367. The summed E-state index contributed by atoms with van der Waals surface area (Å²) in [6, 6.07) is 9.55. The van der Waals surface area contributed by atoms with Gasteiger partial charge in [0.15, 0.2) is 0 Å². The van der Waals surface area contributed by atoms with E-state index in [4.69, 9.17) is 4.74 Å². The van der Waals surface area contributed by atoms with Gasteiger partial charge in [-0.15, -0.1) is 0 Å². The van der Waals surface area contributed by atoms with E-state index in [0.29, 0.717) is 17.9 Å². The number of carbonyl (C=O) groups excluding carboxylic acids is 1. The minimum atomic E-state index is -0.558. The smallest absolute Gasteiger partial charge is 0.415 e. The molecule has 0 atom stereocenters. The molecule has 2 aromatic rings. The van der Waals surface area contributed by atoms with Crippen molar-refractivity contribution < 1.29 is 9.53 Å². The summed E-state index contributed by atoms with van der Waals surface area (Å²) in [6.07, 6.45) is 8.79. The van der Waals surface area contributed by atoms with Gasteiger partial charge in [-0.25, -0.2) is 4.79 Å². The van der Waals surface area contributed by atoms with Gasteiger partial charge in [0, 0.05) is 24.5 Å². The van der Waals surface area contributed by atoms with Gasteiger partial charge < -0.3 is 4.74 Å². The van der Waals surface area contributed by atoms with E-state index < -0.39 is 5.60 Å². The Labute approximate surface area is 147 Å². The number of nitrogens with zero attached hydrogens (tertiary/aromatic N) is 3. The Morgan fingerprint density at radius 2 is 1.92 bits per heavy atom. The van der Waals surface area contributed by atoms with Gasteiger partial charge >= 0.3 is 6.09 Å². The summed E-state index contributed by atoms with van der Waals surface area (Å²) in [4.78, 5) is 23.2. The molecule has 128 valence electrons. The molecule has 25 heavy (non-hydrogen) atoms. The number of allylic oxidation sites excluding steroid dienone is 2. The minimum absolute atomic E-state index is 0.388. The maximum Gasteiger partial charge on any atom is 0.415 e. The molecule has 0 fully saturated rings. The molecule has 2 aromatic heterocycles. The first kappa shape index (κ1) is 16.9. The van der Waals surface area contributed by atoms with Crippen molar-refractivity contribution in [3.63, 3.8) is 0 Å². The van der Waals surface area contributed by atoms with Crippen molar-refractivity contribution in [2.24, 2.45) is 0 Å². The summed E-state index contributed by atoms with van der Waals surface area (Å²) in [5.74, 6) is 0. The van der Waals surface area contributed by atoms with Crippen LogP contribution in [0.25, 0.3) is 17.0 Å². The number of hydrogen-bond acceptors (Lipinski definition) is 4. The SMILES string of the molecule is CC(C)(C)OC(=O)N1CC=CC=C1c1ncccc1-c1ccccn1. The molecule has 5 heteroatoms. The minimum Gasteiger partial charge on any atom is -0.443 e. The number of amides is 1. The third-order valence-electron chi connectivity index (χ3n) is 3.57. The van der Waals surface area contributed by atoms with Crippen molar-refractivity contribution >= 4 is 11.8 Å². The highest BCUT2D eigenvalue weighted by Crippen LogP contribution is 2.30. The third-order valence-corrected chi connectivity index (χ3v) is 3.57. The predicted molar refractivity (Wildman–Crippen MR) is 97.5 cm³/mol. The Balaban J connectivity index is 2.01. The van der Waals surface area contributed by atoms with Crippen LogP contribution < -0.4 is 0 Å². The van der Waals surface area contributed by atoms with Crippen LogP contribution in [0.4, 0.5) is 4.79 Å². The standard InChI is InChI=1S/C20H21N3O2/c1-20(2,3)25-19(24)23-14-7-5-11-17(23)18-15(9-8-13-22-18)16-10-4-6-12-21-16/h4-13H,14H2,1-3H3. The molecule has 5 nitrogen and oxygen atoms in total. The number of aromatic nitrogens is 2.